The Bertz CT molecular complexity index is 722. The Morgan fingerprint density at radius 1 is 1.29 bits per heavy atom. The number of aromatic nitrogens is 1. The van der Waals surface area contributed by atoms with Gasteiger partial charge in [0.1, 0.15) is 0 Å². The van der Waals surface area contributed by atoms with Crippen molar-refractivity contribution in [2.45, 2.75) is 28.0 Å². The van der Waals surface area contributed by atoms with Crippen LogP contribution < -0.4 is 11.1 Å². The molecule has 1 aromatic carbocycles. The van der Waals surface area contributed by atoms with Crippen molar-refractivity contribution in [2.75, 3.05) is 25.4 Å². The summed E-state index contributed by atoms with van der Waals surface area (Å²) in [7, 11) is 0. The molecule has 7 heteroatoms. The molecule has 3 fully saturated rings. The fraction of sp³-hybridized carbons (Fsp3) is 0.412. The first-order chi connectivity index (χ1) is 11.7. The molecule has 5 nitrogen and oxygen atoms in total. The zero-order valence-corrected chi connectivity index (χ0v) is 14.9. The maximum atomic E-state index is 12.5. The summed E-state index contributed by atoms with van der Waals surface area (Å²) in [6.45, 7) is 3.34. The van der Waals surface area contributed by atoms with Gasteiger partial charge in [0.2, 0.25) is 0 Å². The fourth-order valence-corrected chi connectivity index (χ4v) is 5.28. The van der Waals surface area contributed by atoms with Crippen LogP contribution in [0.15, 0.2) is 39.6 Å². The Labute approximate surface area is 149 Å². The second-order valence-electron chi connectivity index (χ2n) is 6.37. The molecule has 1 atom stereocenters. The van der Waals surface area contributed by atoms with E-state index >= 15 is 0 Å². The number of piperidine rings is 3. The van der Waals surface area contributed by atoms with Crippen molar-refractivity contribution in [3.8, 4) is 0 Å². The highest BCUT2D eigenvalue weighted by molar-refractivity contribution is 8.01. The van der Waals surface area contributed by atoms with Crippen LogP contribution >= 0.6 is 23.1 Å². The number of carbonyl (C=O) groups is 1. The van der Waals surface area contributed by atoms with Gasteiger partial charge in [-0.05, 0) is 56.1 Å². The van der Waals surface area contributed by atoms with Crippen LogP contribution in [0, 0.1) is 5.92 Å². The predicted molar refractivity (Wildman–Crippen MR) is 97.5 cm³/mol. The number of thiazole rings is 1. The smallest absolute Gasteiger partial charge is 0.280 e. The number of hydrogen-bond donors (Lipinski definition) is 2. The van der Waals surface area contributed by atoms with E-state index < -0.39 is 0 Å². The average molecular weight is 361 g/mol. The topological polar surface area (TPSA) is 71.2 Å². The second-order valence-corrected chi connectivity index (χ2v) is 8.78. The molecular formula is C17H20N4OS2. The fourth-order valence-electron chi connectivity index (χ4n) is 3.42. The van der Waals surface area contributed by atoms with E-state index in [0.29, 0.717) is 10.9 Å². The highest BCUT2D eigenvalue weighted by Gasteiger charge is 2.35. The van der Waals surface area contributed by atoms with E-state index in [0.717, 1.165) is 21.3 Å². The van der Waals surface area contributed by atoms with Crippen LogP contribution in [-0.4, -0.2) is 41.5 Å². The summed E-state index contributed by atoms with van der Waals surface area (Å²) in [6.07, 6.45) is 4.17. The molecule has 3 aliphatic rings. The van der Waals surface area contributed by atoms with Gasteiger partial charge in [-0.25, -0.2) is 4.98 Å². The Hall–Kier alpha value is -1.57. The van der Waals surface area contributed by atoms with Crippen molar-refractivity contribution < 1.29 is 4.79 Å². The number of anilines is 1. The maximum Gasteiger partial charge on any atom is 0.280 e. The van der Waals surface area contributed by atoms with Gasteiger partial charge in [0.15, 0.2) is 5.01 Å². The molecule has 126 valence electrons. The first kappa shape index (κ1) is 15.9. The normalized spacial score (nSPS) is 25.6. The molecule has 0 saturated carbocycles. The molecule has 1 amide bonds. The van der Waals surface area contributed by atoms with E-state index in [2.05, 4.69) is 15.2 Å². The van der Waals surface area contributed by atoms with E-state index in [1.807, 2.05) is 24.3 Å². The second kappa shape index (κ2) is 6.74. The van der Waals surface area contributed by atoms with Crippen LogP contribution in [0.5, 0.6) is 0 Å². The average Bonchev–Trinajstić information content (AvgIpc) is 3.07. The highest BCUT2D eigenvalue weighted by atomic mass is 32.2. The van der Waals surface area contributed by atoms with Crippen molar-refractivity contribution in [3.05, 3.63) is 35.5 Å². The Kier molecular flexibility index (Phi) is 4.47. The zero-order chi connectivity index (χ0) is 16.5. The third kappa shape index (κ3) is 3.43. The van der Waals surface area contributed by atoms with Crippen molar-refractivity contribution in [1.82, 2.24) is 15.2 Å². The van der Waals surface area contributed by atoms with Crippen LogP contribution in [0.2, 0.25) is 0 Å². The molecule has 3 saturated heterocycles. The van der Waals surface area contributed by atoms with E-state index in [4.69, 9.17) is 5.73 Å². The molecule has 2 bridgehead atoms. The lowest BCUT2D eigenvalue weighted by molar-refractivity contribution is 0.0620. The van der Waals surface area contributed by atoms with Crippen LogP contribution in [0.3, 0.4) is 0 Å². The summed E-state index contributed by atoms with van der Waals surface area (Å²) in [5.74, 6) is 0.588. The minimum Gasteiger partial charge on any atom is -0.399 e. The van der Waals surface area contributed by atoms with Gasteiger partial charge in [-0.3, -0.25) is 4.79 Å². The number of nitrogen functional groups attached to an aromatic ring is 1. The van der Waals surface area contributed by atoms with Crippen molar-refractivity contribution in [1.29, 1.82) is 0 Å². The highest BCUT2D eigenvalue weighted by Crippen LogP contribution is 2.33. The molecule has 4 heterocycles. The first-order valence-electron chi connectivity index (χ1n) is 8.20. The van der Waals surface area contributed by atoms with Crippen molar-refractivity contribution in [3.63, 3.8) is 0 Å². The molecule has 0 aliphatic carbocycles. The third-order valence-electron chi connectivity index (χ3n) is 4.75. The largest absolute Gasteiger partial charge is 0.399 e. The molecule has 3 N–H and O–H groups in total. The van der Waals surface area contributed by atoms with Gasteiger partial charge >= 0.3 is 0 Å². The number of nitrogens with two attached hydrogens (primary N) is 1. The third-order valence-corrected chi connectivity index (χ3v) is 6.86. The van der Waals surface area contributed by atoms with E-state index in [-0.39, 0.29) is 11.9 Å². The molecule has 0 radical (unpaired) electrons. The predicted octanol–water partition coefficient (Wildman–Crippen LogP) is 2.70. The Morgan fingerprint density at radius 3 is 2.71 bits per heavy atom. The van der Waals surface area contributed by atoms with Gasteiger partial charge < -0.3 is 16.0 Å². The standard InChI is InChI=1S/C17H20N4OS2/c18-12-1-3-13(4-2-12)23-15-9-19-17(24-15)16(22)20-14-10-21-7-5-11(14)6-8-21/h1-4,9,11,14H,5-8,10,18H2,(H,20,22). The summed E-state index contributed by atoms with van der Waals surface area (Å²) < 4.78 is 1.01. The van der Waals surface area contributed by atoms with Crippen LogP contribution in [0.1, 0.15) is 22.6 Å². The molecule has 1 aromatic heterocycles. The zero-order valence-electron chi connectivity index (χ0n) is 13.3. The number of nitrogens with zero attached hydrogens (tertiary/aromatic N) is 2. The Balaban J connectivity index is 1.39. The minimum atomic E-state index is -0.0390. The van der Waals surface area contributed by atoms with Gasteiger partial charge in [0, 0.05) is 23.2 Å². The van der Waals surface area contributed by atoms with E-state index in [1.165, 1.54) is 37.3 Å². The quantitative estimate of drug-likeness (QED) is 0.821. The molecular weight excluding hydrogens is 340 g/mol. The van der Waals surface area contributed by atoms with E-state index in [9.17, 15) is 4.79 Å². The monoisotopic (exact) mass is 360 g/mol. The van der Waals surface area contributed by atoms with Gasteiger partial charge in [0.05, 0.1) is 10.4 Å². The number of carbonyl (C=O) groups excluding carboxylic acids is 1. The molecule has 1 unspecified atom stereocenters. The van der Waals surface area contributed by atoms with Crippen LogP contribution in [0.25, 0.3) is 0 Å². The van der Waals surface area contributed by atoms with Gasteiger partial charge in [0.25, 0.3) is 5.91 Å². The number of fused-ring (bicyclic) bond motifs is 3. The van der Waals surface area contributed by atoms with Gasteiger partial charge in [-0.15, -0.1) is 11.3 Å². The van der Waals surface area contributed by atoms with Crippen molar-refractivity contribution >= 4 is 34.7 Å². The number of benzene rings is 1. The summed E-state index contributed by atoms with van der Waals surface area (Å²) in [5, 5.41) is 3.74. The molecule has 5 rings (SSSR count). The van der Waals surface area contributed by atoms with E-state index in [1.54, 1.807) is 18.0 Å². The molecule has 24 heavy (non-hydrogen) atoms. The maximum absolute atomic E-state index is 12.5. The number of amides is 1. The minimum absolute atomic E-state index is 0.0390. The van der Waals surface area contributed by atoms with Gasteiger partial charge in [-0.1, -0.05) is 11.8 Å². The first-order valence-corrected chi connectivity index (χ1v) is 9.83. The summed E-state index contributed by atoms with van der Waals surface area (Å²) in [4.78, 5) is 20.3. The number of nitrogens with one attached hydrogen (secondary N) is 1. The summed E-state index contributed by atoms with van der Waals surface area (Å²) in [5.41, 5.74) is 6.45. The van der Waals surface area contributed by atoms with Crippen molar-refractivity contribution in [2.24, 2.45) is 5.92 Å². The lowest BCUT2D eigenvalue weighted by Gasteiger charge is -2.44. The summed E-state index contributed by atoms with van der Waals surface area (Å²) in [6, 6.07) is 7.99. The SMILES string of the molecule is Nc1ccc(Sc2cnc(C(=O)NC3CN4CCC3CC4)s2)cc1. The molecule has 0 spiro atoms. The molecule has 3 aliphatic heterocycles. The number of rotatable bonds is 4. The molecule has 2 aromatic rings. The number of hydrogen-bond acceptors (Lipinski definition) is 6. The lowest BCUT2D eigenvalue weighted by atomic mass is 9.84. The van der Waals surface area contributed by atoms with Crippen LogP contribution in [-0.2, 0) is 0 Å². The van der Waals surface area contributed by atoms with Crippen LogP contribution in [0.4, 0.5) is 5.69 Å². The summed E-state index contributed by atoms with van der Waals surface area (Å²) >= 11 is 3.05. The lowest BCUT2D eigenvalue weighted by Crippen LogP contribution is -2.57. The Morgan fingerprint density at radius 2 is 2.04 bits per heavy atom. The van der Waals surface area contributed by atoms with Gasteiger partial charge in [-0.2, -0.15) is 0 Å².